The summed E-state index contributed by atoms with van der Waals surface area (Å²) in [5, 5.41) is 0. The maximum Gasteiger partial charge on any atom is 0.432 e. The van der Waals surface area contributed by atoms with E-state index in [1.807, 2.05) is 0 Å². The van der Waals surface area contributed by atoms with Gasteiger partial charge in [-0.3, -0.25) is 0 Å². The van der Waals surface area contributed by atoms with E-state index in [0.29, 0.717) is 6.42 Å². The predicted molar refractivity (Wildman–Crippen MR) is 76.2 cm³/mol. The molecule has 0 aliphatic heterocycles. The maximum atomic E-state index is 13.6. The Kier molecular flexibility index (Phi) is 6.00. The molecule has 1 rings (SSSR count). The van der Waals surface area contributed by atoms with Crippen LogP contribution >= 0.6 is 0 Å². The van der Waals surface area contributed by atoms with Crippen LogP contribution in [0.1, 0.15) is 32.8 Å². The summed E-state index contributed by atoms with van der Waals surface area (Å²) < 4.78 is 50.7. The maximum absolute atomic E-state index is 13.6. The van der Waals surface area contributed by atoms with Gasteiger partial charge in [0.2, 0.25) is 0 Å². The van der Waals surface area contributed by atoms with Crippen LogP contribution < -0.4 is 0 Å². The summed E-state index contributed by atoms with van der Waals surface area (Å²) in [4.78, 5) is 12.3. The van der Waals surface area contributed by atoms with Crippen LogP contribution in [0.2, 0.25) is 0 Å². The molecule has 0 saturated heterocycles. The number of hydrogen-bond acceptors (Lipinski definition) is 3. The molecule has 0 spiro atoms. The fourth-order valence-corrected chi connectivity index (χ4v) is 2.30. The highest BCUT2D eigenvalue weighted by atomic mass is 19.4. The Morgan fingerprint density at radius 2 is 1.73 bits per heavy atom. The molecule has 0 N–H and O–H groups in total. The van der Waals surface area contributed by atoms with Gasteiger partial charge in [-0.1, -0.05) is 51.1 Å². The van der Waals surface area contributed by atoms with Gasteiger partial charge < -0.3 is 9.47 Å². The van der Waals surface area contributed by atoms with Crippen molar-refractivity contribution in [2.75, 3.05) is 7.11 Å². The molecule has 0 saturated carbocycles. The zero-order chi connectivity index (χ0) is 17.0. The zero-order valence-electron chi connectivity index (χ0n) is 13.1. The van der Waals surface area contributed by atoms with Crippen LogP contribution in [0.3, 0.4) is 0 Å². The van der Waals surface area contributed by atoms with E-state index < -0.39 is 23.9 Å². The van der Waals surface area contributed by atoms with E-state index in [1.165, 1.54) is 24.3 Å². The lowest BCUT2D eigenvalue weighted by molar-refractivity contribution is -0.278. The first kappa shape index (κ1) is 18.5. The number of benzene rings is 1. The largest absolute Gasteiger partial charge is 0.459 e. The van der Waals surface area contributed by atoms with E-state index in [0.717, 1.165) is 7.11 Å². The molecular formula is C16H21F3O3. The second-order valence-corrected chi connectivity index (χ2v) is 5.35. The minimum absolute atomic E-state index is 0.0903. The first-order valence-electron chi connectivity index (χ1n) is 7.09. The highest BCUT2D eigenvalue weighted by Gasteiger charge is 2.64. The lowest BCUT2D eigenvalue weighted by atomic mass is 9.92. The minimum atomic E-state index is -4.94. The summed E-state index contributed by atoms with van der Waals surface area (Å²) in [5.41, 5.74) is -3.41. The Morgan fingerprint density at radius 1 is 1.18 bits per heavy atom. The highest BCUT2D eigenvalue weighted by molar-refractivity contribution is 5.82. The second kappa shape index (κ2) is 7.13. The number of carbonyl (C=O) groups excluding carboxylic acids is 1. The normalized spacial score (nSPS) is 16.2. The van der Waals surface area contributed by atoms with E-state index in [4.69, 9.17) is 4.74 Å². The second-order valence-electron chi connectivity index (χ2n) is 5.35. The summed E-state index contributed by atoms with van der Waals surface area (Å²) >= 11 is 0. The topological polar surface area (TPSA) is 35.5 Å². The van der Waals surface area contributed by atoms with Gasteiger partial charge in [0.15, 0.2) is 0 Å². The van der Waals surface area contributed by atoms with Gasteiger partial charge in [-0.25, -0.2) is 4.79 Å². The van der Waals surface area contributed by atoms with Gasteiger partial charge in [-0.15, -0.1) is 0 Å². The van der Waals surface area contributed by atoms with Crippen molar-refractivity contribution in [1.29, 1.82) is 0 Å². The van der Waals surface area contributed by atoms with Crippen molar-refractivity contribution >= 4 is 5.97 Å². The van der Waals surface area contributed by atoms with Crippen molar-refractivity contribution in [3.05, 3.63) is 35.9 Å². The van der Waals surface area contributed by atoms with Crippen molar-refractivity contribution in [2.24, 2.45) is 5.92 Å². The van der Waals surface area contributed by atoms with Gasteiger partial charge in [-0.2, -0.15) is 13.2 Å². The van der Waals surface area contributed by atoms with Gasteiger partial charge in [0.05, 0.1) is 0 Å². The molecule has 0 radical (unpaired) electrons. The van der Waals surface area contributed by atoms with Crippen molar-refractivity contribution < 1.29 is 27.4 Å². The van der Waals surface area contributed by atoms with Crippen LogP contribution in [-0.2, 0) is 19.9 Å². The Bertz CT molecular complexity index is 485. The van der Waals surface area contributed by atoms with Crippen molar-refractivity contribution in [2.45, 2.75) is 45.1 Å². The SMILES string of the molecule is CC[C@H](OC(=O)[C@@](OC)(c1ccccc1)C(F)(F)F)C(C)C. The number of ether oxygens (including phenoxy) is 2. The summed E-state index contributed by atoms with van der Waals surface area (Å²) in [6.07, 6.45) is -5.11. The van der Waals surface area contributed by atoms with Crippen LogP contribution in [0.5, 0.6) is 0 Å². The summed E-state index contributed by atoms with van der Waals surface area (Å²) in [7, 11) is 0.859. The molecular weight excluding hydrogens is 297 g/mol. The number of carbonyl (C=O) groups is 1. The summed E-state index contributed by atoms with van der Waals surface area (Å²) in [6, 6.07) is 6.81. The fraction of sp³-hybridized carbons (Fsp3) is 0.562. The summed E-state index contributed by atoms with van der Waals surface area (Å²) in [5.74, 6) is -1.53. The van der Waals surface area contributed by atoms with Crippen molar-refractivity contribution in [3.63, 3.8) is 0 Å². The van der Waals surface area contributed by atoms with Gasteiger partial charge in [-0.05, 0) is 12.3 Å². The van der Waals surface area contributed by atoms with Crippen LogP contribution in [0.15, 0.2) is 30.3 Å². The predicted octanol–water partition coefficient (Wildman–Crippen LogP) is 4.07. The quantitative estimate of drug-likeness (QED) is 0.742. The Morgan fingerprint density at radius 3 is 2.09 bits per heavy atom. The van der Waals surface area contributed by atoms with Crippen molar-refractivity contribution in [3.8, 4) is 0 Å². The lowest BCUT2D eigenvalue weighted by Crippen LogP contribution is -2.52. The van der Waals surface area contributed by atoms with Crippen LogP contribution in [0, 0.1) is 5.92 Å². The van der Waals surface area contributed by atoms with Gasteiger partial charge >= 0.3 is 12.1 Å². The third-order valence-corrected chi connectivity index (χ3v) is 3.58. The molecule has 6 heteroatoms. The average Bonchev–Trinajstić information content (AvgIpc) is 2.45. The summed E-state index contributed by atoms with van der Waals surface area (Å²) in [6.45, 7) is 5.32. The molecule has 1 aromatic carbocycles. The minimum Gasteiger partial charge on any atom is -0.459 e. The van der Waals surface area contributed by atoms with E-state index in [-0.39, 0.29) is 11.5 Å². The Hall–Kier alpha value is -1.56. The van der Waals surface area contributed by atoms with Gasteiger partial charge in [0, 0.05) is 12.7 Å². The third-order valence-electron chi connectivity index (χ3n) is 3.58. The van der Waals surface area contributed by atoms with Gasteiger partial charge in [0.1, 0.15) is 6.10 Å². The van der Waals surface area contributed by atoms with E-state index >= 15 is 0 Å². The molecule has 124 valence electrons. The van der Waals surface area contributed by atoms with Gasteiger partial charge in [0.25, 0.3) is 5.60 Å². The van der Waals surface area contributed by atoms with Crippen LogP contribution in [-0.4, -0.2) is 25.4 Å². The molecule has 2 atom stereocenters. The molecule has 0 bridgehead atoms. The Balaban J connectivity index is 3.30. The highest BCUT2D eigenvalue weighted by Crippen LogP contribution is 2.43. The number of methoxy groups -OCH3 is 1. The molecule has 0 heterocycles. The van der Waals surface area contributed by atoms with Crippen molar-refractivity contribution in [1.82, 2.24) is 0 Å². The molecule has 0 aromatic heterocycles. The lowest BCUT2D eigenvalue weighted by Gasteiger charge is -2.34. The van der Waals surface area contributed by atoms with E-state index in [1.54, 1.807) is 26.8 Å². The molecule has 0 unspecified atom stereocenters. The fourth-order valence-electron chi connectivity index (χ4n) is 2.30. The molecule has 1 aromatic rings. The number of rotatable bonds is 6. The average molecular weight is 318 g/mol. The monoisotopic (exact) mass is 318 g/mol. The number of hydrogen-bond donors (Lipinski definition) is 0. The third kappa shape index (κ3) is 3.43. The molecule has 0 fully saturated rings. The standard InChI is InChI=1S/C16H21F3O3/c1-5-13(11(2)3)22-14(20)15(21-4,16(17,18)19)12-9-7-6-8-10-12/h6-11,13H,5H2,1-4H3/t13-,15-/m0/s1. The molecule has 0 aliphatic carbocycles. The zero-order valence-corrected chi connectivity index (χ0v) is 13.1. The molecule has 3 nitrogen and oxygen atoms in total. The smallest absolute Gasteiger partial charge is 0.432 e. The molecule has 0 amide bonds. The number of esters is 1. The number of alkyl halides is 3. The van der Waals surface area contributed by atoms with E-state index in [9.17, 15) is 18.0 Å². The molecule has 0 aliphatic rings. The number of halogens is 3. The first-order chi connectivity index (χ1) is 10.2. The first-order valence-corrected chi connectivity index (χ1v) is 7.09. The Labute approximate surface area is 128 Å². The van der Waals surface area contributed by atoms with E-state index in [2.05, 4.69) is 4.74 Å². The van der Waals surface area contributed by atoms with Crippen LogP contribution in [0.4, 0.5) is 13.2 Å². The van der Waals surface area contributed by atoms with Crippen LogP contribution in [0.25, 0.3) is 0 Å². The molecule has 22 heavy (non-hydrogen) atoms.